The first-order valence-corrected chi connectivity index (χ1v) is 6.75. The molecule has 2 rings (SSSR count). The zero-order chi connectivity index (χ0) is 13.7. The second-order valence-electron chi connectivity index (χ2n) is 4.17. The number of halogens is 1. The van der Waals surface area contributed by atoms with Gasteiger partial charge in [0.1, 0.15) is 0 Å². The minimum absolute atomic E-state index is 0.0146. The van der Waals surface area contributed by atoms with Gasteiger partial charge in [-0.3, -0.25) is 4.79 Å². The van der Waals surface area contributed by atoms with Crippen LogP contribution >= 0.6 is 15.9 Å². The van der Waals surface area contributed by atoms with Gasteiger partial charge in [-0.2, -0.15) is 0 Å². The Hall–Kier alpha value is -1.87. The van der Waals surface area contributed by atoms with Gasteiger partial charge in [0.2, 0.25) is 0 Å². The summed E-state index contributed by atoms with van der Waals surface area (Å²) >= 11 is 3.47. The molecule has 0 aliphatic rings. The van der Waals surface area contributed by atoms with Crippen LogP contribution in [0.5, 0.6) is 0 Å². The summed E-state index contributed by atoms with van der Waals surface area (Å²) in [6.45, 7) is 2.03. The smallest absolute Gasteiger partial charge is 0.187 e. The van der Waals surface area contributed by atoms with Crippen LogP contribution in [0.15, 0.2) is 65.3 Å². The summed E-state index contributed by atoms with van der Waals surface area (Å²) in [7, 11) is 0. The van der Waals surface area contributed by atoms with E-state index in [2.05, 4.69) is 21.2 Å². The first-order chi connectivity index (χ1) is 9.16. The summed E-state index contributed by atoms with van der Waals surface area (Å²) in [4.78, 5) is 11.8. The molecule has 0 amide bonds. The maximum absolute atomic E-state index is 11.8. The summed E-state index contributed by atoms with van der Waals surface area (Å²) < 4.78 is 1.04. The normalized spacial score (nSPS) is 10.6. The van der Waals surface area contributed by atoms with Crippen LogP contribution in [0.3, 0.4) is 0 Å². The van der Waals surface area contributed by atoms with Crippen molar-refractivity contribution in [2.45, 2.75) is 6.92 Å². The van der Waals surface area contributed by atoms with E-state index in [-0.39, 0.29) is 5.78 Å². The Labute approximate surface area is 121 Å². The molecule has 0 radical (unpaired) electrons. The average molecular weight is 316 g/mol. The molecule has 19 heavy (non-hydrogen) atoms. The van der Waals surface area contributed by atoms with E-state index in [1.807, 2.05) is 43.3 Å². The minimum Gasteiger partial charge on any atom is -0.362 e. The van der Waals surface area contributed by atoms with Gasteiger partial charge in [0.05, 0.1) is 0 Å². The van der Waals surface area contributed by atoms with Crippen molar-refractivity contribution in [3.8, 4) is 0 Å². The number of benzene rings is 2. The summed E-state index contributed by atoms with van der Waals surface area (Å²) in [6, 6.07) is 15.2. The molecule has 0 spiro atoms. The summed E-state index contributed by atoms with van der Waals surface area (Å²) in [5.74, 6) is -0.0146. The molecule has 2 aromatic carbocycles. The Kier molecular flexibility index (Phi) is 4.53. The van der Waals surface area contributed by atoms with Gasteiger partial charge < -0.3 is 5.32 Å². The maximum Gasteiger partial charge on any atom is 0.187 e. The number of allylic oxidation sites excluding steroid dienone is 1. The van der Waals surface area contributed by atoms with Crippen molar-refractivity contribution in [3.63, 3.8) is 0 Å². The third-order valence-electron chi connectivity index (χ3n) is 2.71. The number of rotatable bonds is 4. The Morgan fingerprint density at radius 3 is 2.58 bits per heavy atom. The van der Waals surface area contributed by atoms with Gasteiger partial charge in [-0.1, -0.05) is 52.3 Å². The monoisotopic (exact) mass is 315 g/mol. The predicted molar refractivity (Wildman–Crippen MR) is 82.4 cm³/mol. The van der Waals surface area contributed by atoms with E-state index in [9.17, 15) is 4.79 Å². The quantitative estimate of drug-likeness (QED) is 0.661. The van der Waals surface area contributed by atoms with Crippen LogP contribution in [-0.2, 0) is 0 Å². The Morgan fingerprint density at radius 1 is 1.16 bits per heavy atom. The number of hydrogen-bond acceptors (Lipinski definition) is 2. The number of carbonyl (C=O) groups is 1. The van der Waals surface area contributed by atoms with E-state index < -0.39 is 0 Å². The topological polar surface area (TPSA) is 29.1 Å². The van der Waals surface area contributed by atoms with Gasteiger partial charge in [0.15, 0.2) is 5.78 Å². The van der Waals surface area contributed by atoms with E-state index >= 15 is 0 Å². The number of hydrogen-bond donors (Lipinski definition) is 1. The second-order valence-corrected chi connectivity index (χ2v) is 5.03. The molecule has 0 bridgehead atoms. The molecule has 0 unspecified atom stereocenters. The first-order valence-electron chi connectivity index (χ1n) is 5.95. The van der Waals surface area contributed by atoms with Gasteiger partial charge in [-0.05, 0) is 24.6 Å². The highest BCUT2D eigenvalue weighted by atomic mass is 79.9. The molecule has 0 fully saturated rings. The fourth-order valence-corrected chi connectivity index (χ4v) is 1.97. The lowest BCUT2D eigenvalue weighted by Crippen LogP contribution is -1.95. The molecule has 0 heterocycles. The number of anilines is 1. The zero-order valence-corrected chi connectivity index (χ0v) is 12.1. The summed E-state index contributed by atoms with van der Waals surface area (Å²) in [6.07, 6.45) is 3.19. The lowest BCUT2D eigenvalue weighted by Gasteiger charge is -2.03. The molecule has 0 aliphatic heterocycles. The van der Waals surface area contributed by atoms with Crippen molar-refractivity contribution in [1.82, 2.24) is 0 Å². The number of aryl methyl sites for hydroxylation is 1. The van der Waals surface area contributed by atoms with Crippen molar-refractivity contribution in [2.75, 3.05) is 5.32 Å². The number of nitrogens with one attached hydrogen (secondary N) is 1. The van der Waals surface area contributed by atoms with Gasteiger partial charge in [-0.25, -0.2) is 0 Å². The van der Waals surface area contributed by atoms with Gasteiger partial charge >= 0.3 is 0 Å². The molecular formula is C16H14BrNO. The van der Waals surface area contributed by atoms with E-state index in [1.54, 1.807) is 18.3 Å². The molecular weight excluding hydrogens is 302 g/mol. The van der Waals surface area contributed by atoms with Gasteiger partial charge in [0.25, 0.3) is 0 Å². The minimum atomic E-state index is -0.0146. The predicted octanol–water partition coefficient (Wildman–Crippen LogP) is 4.57. The van der Waals surface area contributed by atoms with Gasteiger partial charge in [0, 0.05) is 28.0 Å². The van der Waals surface area contributed by atoms with E-state index in [0.29, 0.717) is 5.56 Å². The third-order valence-corrected chi connectivity index (χ3v) is 3.57. The van der Waals surface area contributed by atoms with E-state index in [4.69, 9.17) is 0 Å². The lowest BCUT2D eigenvalue weighted by atomic mass is 10.1. The van der Waals surface area contributed by atoms with Crippen molar-refractivity contribution in [2.24, 2.45) is 0 Å². The largest absolute Gasteiger partial charge is 0.362 e. The highest BCUT2D eigenvalue weighted by molar-refractivity contribution is 9.10. The SMILES string of the molecule is Cc1ccc(NC=CC(=O)c2ccccc2)cc1Br. The lowest BCUT2D eigenvalue weighted by molar-refractivity contribution is 0.104. The molecule has 0 aromatic heterocycles. The molecule has 3 heteroatoms. The Bertz CT molecular complexity index is 605. The Balaban J connectivity index is 2.00. The fourth-order valence-electron chi connectivity index (χ4n) is 1.59. The van der Waals surface area contributed by atoms with Crippen molar-refractivity contribution in [3.05, 3.63) is 76.4 Å². The van der Waals surface area contributed by atoms with Crippen LogP contribution in [0.4, 0.5) is 5.69 Å². The molecule has 96 valence electrons. The Morgan fingerprint density at radius 2 is 1.89 bits per heavy atom. The highest BCUT2D eigenvalue weighted by Gasteiger charge is 1.99. The van der Waals surface area contributed by atoms with Crippen LogP contribution in [0, 0.1) is 6.92 Å². The van der Waals surface area contributed by atoms with Crippen molar-refractivity contribution < 1.29 is 4.79 Å². The van der Waals surface area contributed by atoms with Crippen LogP contribution in [0.2, 0.25) is 0 Å². The fraction of sp³-hybridized carbons (Fsp3) is 0.0625. The zero-order valence-electron chi connectivity index (χ0n) is 10.6. The second kappa shape index (κ2) is 6.34. The summed E-state index contributed by atoms with van der Waals surface area (Å²) in [5, 5.41) is 3.08. The van der Waals surface area contributed by atoms with Gasteiger partial charge in [-0.15, -0.1) is 0 Å². The number of carbonyl (C=O) groups excluding carboxylic acids is 1. The third kappa shape index (κ3) is 3.80. The molecule has 2 nitrogen and oxygen atoms in total. The van der Waals surface area contributed by atoms with E-state index in [0.717, 1.165) is 10.2 Å². The van der Waals surface area contributed by atoms with Crippen molar-refractivity contribution >= 4 is 27.4 Å². The first kappa shape index (κ1) is 13.6. The molecule has 0 saturated heterocycles. The highest BCUT2D eigenvalue weighted by Crippen LogP contribution is 2.20. The van der Waals surface area contributed by atoms with Crippen LogP contribution < -0.4 is 5.32 Å². The maximum atomic E-state index is 11.8. The molecule has 0 aliphatic carbocycles. The van der Waals surface area contributed by atoms with Crippen LogP contribution in [-0.4, -0.2) is 5.78 Å². The average Bonchev–Trinajstić information content (AvgIpc) is 2.43. The van der Waals surface area contributed by atoms with Crippen molar-refractivity contribution in [1.29, 1.82) is 0 Å². The summed E-state index contributed by atoms with van der Waals surface area (Å²) in [5.41, 5.74) is 2.80. The van der Waals surface area contributed by atoms with Crippen LogP contribution in [0.1, 0.15) is 15.9 Å². The molecule has 0 atom stereocenters. The molecule has 2 aromatic rings. The molecule has 0 saturated carbocycles. The van der Waals surface area contributed by atoms with Crippen LogP contribution in [0.25, 0.3) is 0 Å². The number of ketones is 1. The molecule has 1 N–H and O–H groups in total. The standard InChI is InChI=1S/C16H14BrNO/c1-12-7-8-14(11-15(12)17)18-10-9-16(19)13-5-3-2-4-6-13/h2-11,18H,1H3. The van der Waals surface area contributed by atoms with E-state index in [1.165, 1.54) is 11.6 Å².